The van der Waals surface area contributed by atoms with Gasteiger partial charge in [-0.25, -0.2) is 16.8 Å². The van der Waals surface area contributed by atoms with Crippen LogP contribution < -0.4 is 10.2 Å². The van der Waals surface area contributed by atoms with Gasteiger partial charge in [0, 0.05) is 26.2 Å². The first-order valence-corrected chi connectivity index (χ1v) is 13.3. The van der Waals surface area contributed by atoms with Crippen LogP contribution in [0.5, 0.6) is 0 Å². The Morgan fingerprint density at radius 3 is 2.41 bits per heavy atom. The van der Waals surface area contributed by atoms with Gasteiger partial charge in [-0.3, -0.25) is 4.79 Å². The molecule has 0 aromatic heterocycles. The maximum absolute atomic E-state index is 12.9. The minimum atomic E-state index is -3.67. The number of sulfonamides is 1. The van der Waals surface area contributed by atoms with Crippen LogP contribution in [0, 0.1) is 5.92 Å². The largest absolute Gasteiger partial charge is 0.370 e. The summed E-state index contributed by atoms with van der Waals surface area (Å²) in [6.07, 6.45) is 2.37. The third-order valence-electron chi connectivity index (χ3n) is 5.62. The SMILES string of the molecule is CCN(CC)S(=O)(=O)c1ccc(N2CCCC2)c(NC(=O)C2CCS(=O)(=O)C2)c1. The zero-order valence-corrected chi connectivity index (χ0v) is 18.6. The van der Waals surface area contributed by atoms with Gasteiger partial charge >= 0.3 is 0 Å². The van der Waals surface area contributed by atoms with E-state index in [-0.39, 0.29) is 22.3 Å². The molecular formula is C19H29N3O5S2. The predicted molar refractivity (Wildman–Crippen MR) is 113 cm³/mol. The standard InChI is InChI=1S/C19H29N3O5S2/c1-3-22(4-2)29(26,27)16-7-8-18(21-10-5-6-11-21)17(13-16)20-19(23)15-9-12-28(24,25)14-15/h7-8,13,15H,3-6,9-12,14H2,1-2H3,(H,20,23). The number of hydrogen-bond acceptors (Lipinski definition) is 6. The van der Waals surface area contributed by atoms with Crippen molar-refractivity contribution < 1.29 is 21.6 Å². The maximum atomic E-state index is 12.9. The van der Waals surface area contributed by atoms with Crippen LogP contribution in [-0.2, 0) is 24.7 Å². The van der Waals surface area contributed by atoms with E-state index in [4.69, 9.17) is 0 Å². The lowest BCUT2D eigenvalue weighted by Crippen LogP contribution is -2.31. The third kappa shape index (κ3) is 4.75. The number of rotatable bonds is 7. The molecule has 29 heavy (non-hydrogen) atoms. The topological polar surface area (TPSA) is 104 Å². The van der Waals surface area contributed by atoms with Crippen molar-refractivity contribution in [2.45, 2.75) is 38.0 Å². The van der Waals surface area contributed by atoms with E-state index in [0.29, 0.717) is 25.2 Å². The lowest BCUT2D eigenvalue weighted by atomic mass is 10.1. The minimum absolute atomic E-state index is 0.0143. The second-order valence-corrected chi connectivity index (χ2v) is 11.7. The summed E-state index contributed by atoms with van der Waals surface area (Å²) in [5.41, 5.74) is 1.20. The summed E-state index contributed by atoms with van der Waals surface area (Å²) in [6.45, 7) is 5.94. The van der Waals surface area contributed by atoms with Crippen molar-refractivity contribution in [3.8, 4) is 0 Å². The molecule has 2 heterocycles. The number of amides is 1. The van der Waals surface area contributed by atoms with E-state index in [0.717, 1.165) is 31.6 Å². The zero-order chi connectivity index (χ0) is 21.2. The molecule has 0 aliphatic carbocycles. The maximum Gasteiger partial charge on any atom is 0.243 e. The number of anilines is 2. The van der Waals surface area contributed by atoms with Crippen molar-refractivity contribution in [2.24, 2.45) is 5.92 Å². The first-order valence-electron chi connectivity index (χ1n) is 10.1. The molecule has 2 saturated heterocycles. The average Bonchev–Trinajstić information content (AvgIpc) is 3.32. The highest BCUT2D eigenvalue weighted by Gasteiger charge is 2.34. The molecule has 2 aliphatic heterocycles. The van der Waals surface area contributed by atoms with E-state index in [1.807, 2.05) is 0 Å². The first-order chi connectivity index (χ1) is 13.7. The minimum Gasteiger partial charge on any atom is -0.370 e. The second kappa shape index (κ2) is 8.61. The molecule has 0 radical (unpaired) electrons. The summed E-state index contributed by atoms with van der Waals surface area (Å²) in [7, 11) is -6.85. The lowest BCUT2D eigenvalue weighted by molar-refractivity contribution is -0.119. The molecule has 1 aromatic rings. The van der Waals surface area contributed by atoms with E-state index in [2.05, 4.69) is 10.2 Å². The summed E-state index contributed by atoms with van der Waals surface area (Å²) in [6, 6.07) is 4.82. The van der Waals surface area contributed by atoms with Crippen LogP contribution in [-0.4, -0.2) is 64.7 Å². The summed E-state index contributed by atoms with van der Waals surface area (Å²) in [5, 5.41) is 2.83. The lowest BCUT2D eigenvalue weighted by Gasteiger charge is -2.24. The number of benzene rings is 1. The van der Waals surface area contributed by atoms with Crippen LogP contribution in [0.15, 0.2) is 23.1 Å². The van der Waals surface area contributed by atoms with Crippen molar-refractivity contribution in [2.75, 3.05) is 47.9 Å². The highest BCUT2D eigenvalue weighted by molar-refractivity contribution is 7.91. The molecule has 2 aliphatic rings. The van der Waals surface area contributed by atoms with Crippen LogP contribution in [0.4, 0.5) is 11.4 Å². The highest BCUT2D eigenvalue weighted by Crippen LogP contribution is 2.33. The smallest absolute Gasteiger partial charge is 0.243 e. The first kappa shape index (κ1) is 22.0. The van der Waals surface area contributed by atoms with Gasteiger partial charge in [0.25, 0.3) is 0 Å². The molecule has 162 valence electrons. The Morgan fingerprint density at radius 1 is 1.21 bits per heavy atom. The number of nitrogens with zero attached hydrogens (tertiary/aromatic N) is 2. The van der Waals surface area contributed by atoms with E-state index < -0.39 is 25.8 Å². The number of carbonyl (C=O) groups is 1. The molecular weight excluding hydrogens is 414 g/mol. The van der Waals surface area contributed by atoms with Crippen LogP contribution >= 0.6 is 0 Å². The molecule has 1 N–H and O–H groups in total. The van der Waals surface area contributed by atoms with Crippen LogP contribution in [0.2, 0.25) is 0 Å². The Morgan fingerprint density at radius 2 is 1.86 bits per heavy atom. The molecule has 10 heteroatoms. The number of carbonyl (C=O) groups excluding carboxylic acids is 1. The van der Waals surface area contributed by atoms with Crippen LogP contribution in [0.25, 0.3) is 0 Å². The van der Waals surface area contributed by atoms with E-state index >= 15 is 0 Å². The van der Waals surface area contributed by atoms with E-state index in [9.17, 15) is 21.6 Å². The van der Waals surface area contributed by atoms with Gasteiger partial charge in [0.15, 0.2) is 9.84 Å². The van der Waals surface area contributed by atoms with Crippen molar-refractivity contribution in [3.05, 3.63) is 18.2 Å². The molecule has 1 unspecified atom stereocenters. The molecule has 8 nitrogen and oxygen atoms in total. The van der Waals surface area contributed by atoms with Crippen LogP contribution in [0.3, 0.4) is 0 Å². The molecule has 0 saturated carbocycles. The third-order valence-corrected chi connectivity index (χ3v) is 9.43. The molecule has 0 spiro atoms. The van der Waals surface area contributed by atoms with Gasteiger partial charge in [0.05, 0.1) is 33.7 Å². The fourth-order valence-electron chi connectivity index (χ4n) is 3.96. The molecule has 0 bridgehead atoms. The monoisotopic (exact) mass is 443 g/mol. The van der Waals surface area contributed by atoms with Gasteiger partial charge in [0.1, 0.15) is 0 Å². The molecule has 3 rings (SSSR count). The van der Waals surface area contributed by atoms with Gasteiger partial charge < -0.3 is 10.2 Å². The molecule has 2 fully saturated rings. The fraction of sp³-hybridized carbons (Fsp3) is 0.632. The average molecular weight is 444 g/mol. The van der Waals surface area contributed by atoms with E-state index in [1.54, 1.807) is 26.0 Å². The van der Waals surface area contributed by atoms with Gasteiger partial charge in [-0.2, -0.15) is 4.31 Å². The zero-order valence-electron chi connectivity index (χ0n) is 16.9. The number of hydrogen-bond donors (Lipinski definition) is 1. The second-order valence-electron chi connectivity index (χ2n) is 7.55. The number of sulfone groups is 1. The number of nitrogens with one attached hydrogen (secondary N) is 1. The Hall–Kier alpha value is -1.65. The van der Waals surface area contributed by atoms with Crippen molar-refractivity contribution >= 4 is 37.1 Å². The van der Waals surface area contributed by atoms with Gasteiger partial charge in [-0.05, 0) is 37.5 Å². The van der Waals surface area contributed by atoms with Gasteiger partial charge in [-0.1, -0.05) is 13.8 Å². The van der Waals surface area contributed by atoms with Crippen molar-refractivity contribution in [1.82, 2.24) is 4.31 Å². The predicted octanol–water partition coefficient (Wildman–Crippen LogP) is 1.69. The Bertz CT molecular complexity index is 966. The van der Waals surface area contributed by atoms with E-state index in [1.165, 1.54) is 10.4 Å². The Kier molecular flexibility index (Phi) is 6.54. The Balaban J connectivity index is 1.94. The summed E-state index contributed by atoms with van der Waals surface area (Å²) in [4.78, 5) is 15.0. The van der Waals surface area contributed by atoms with Crippen molar-refractivity contribution in [3.63, 3.8) is 0 Å². The normalized spacial score (nSPS) is 21.6. The molecule has 1 amide bonds. The van der Waals surface area contributed by atoms with Gasteiger partial charge in [0.2, 0.25) is 15.9 Å². The summed E-state index contributed by atoms with van der Waals surface area (Å²) < 4.78 is 50.7. The highest BCUT2D eigenvalue weighted by atomic mass is 32.2. The quantitative estimate of drug-likeness (QED) is 0.688. The van der Waals surface area contributed by atoms with Crippen molar-refractivity contribution in [1.29, 1.82) is 0 Å². The van der Waals surface area contributed by atoms with Gasteiger partial charge in [-0.15, -0.1) is 0 Å². The molecule has 1 atom stereocenters. The fourth-order valence-corrected chi connectivity index (χ4v) is 7.18. The summed E-state index contributed by atoms with van der Waals surface area (Å²) in [5.74, 6) is -1.12. The van der Waals surface area contributed by atoms with Crippen LogP contribution in [0.1, 0.15) is 33.1 Å². The molecule has 1 aromatic carbocycles. The Labute approximate surface area is 173 Å². The summed E-state index contributed by atoms with van der Waals surface area (Å²) >= 11 is 0.